The van der Waals surface area contributed by atoms with Crippen molar-refractivity contribution in [2.45, 2.75) is 38.7 Å². The third-order valence-electron chi connectivity index (χ3n) is 5.20. The van der Waals surface area contributed by atoms with Gasteiger partial charge in [0.15, 0.2) is 0 Å². The molecular formula is C18H25ClN2O2. The Morgan fingerprint density at radius 2 is 2.17 bits per heavy atom. The number of nitrogens with one attached hydrogen (secondary N) is 2. The molecule has 2 atom stereocenters. The Hall–Kier alpha value is -1.26. The van der Waals surface area contributed by atoms with Crippen molar-refractivity contribution in [2.24, 2.45) is 11.3 Å². The fourth-order valence-electron chi connectivity index (χ4n) is 3.52. The third kappa shape index (κ3) is 3.81. The van der Waals surface area contributed by atoms with Crippen molar-refractivity contribution < 1.29 is 9.53 Å². The lowest BCUT2D eigenvalue weighted by Crippen LogP contribution is -2.38. The van der Waals surface area contributed by atoms with Crippen LogP contribution in [0.2, 0.25) is 5.02 Å². The highest BCUT2D eigenvalue weighted by atomic mass is 35.5. The van der Waals surface area contributed by atoms with Crippen molar-refractivity contribution in [3.8, 4) is 5.75 Å². The topological polar surface area (TPSA) is 50.4 Å². The van der Waals surface area contributed by atoms with Crippen LogP contribution in [0.1, 0.15) is 32.6 Å². The molecule has 2 unspecified atom stereocenters. The molecule has 126 valence electrons. The van der Waals surface area contributed by atoms with Gasteiger partial charge < -0.3 is 15.4 Å². The van der Waals surface area contributed by atoms with Gasteiger partial charge in [-0.15, -0.1) is 0 Å². The second-order valence-corrected chi connectivity index (χ2v) is 7.10. The summed E-state index contributed by atoms with van der Waals surface area (Å²) in [7, 11) is 0. The summed E-state index contributed by atoms with van der Waals surface area (Å²) in [6, 6.07) is 7.45. The number of ether oxygens (including phenoxy) is 1. The lowest BCUT2D eigenvalue weighted by atomic mass is 9.92. The summed E-state index contributed by atoms with van der Waals surface area (Å²) in [6.45, 7) is 4.67. The van der Waals surface area contributed by atoms with Crippen molar-refractivity contribution in [3.63, 3.8) is 0 Å². The summed E-state index contributed by atoms with van der Waals surface area (Å²) in [5, 5.41) is 7.05. The summed E-state index contributed by atoms with van der Waals surface area (Å²) in [4.78, 5) is 12.4. The van der Waals surface area contributed by atoms with E-state index in [1.165, 1.54) is 0 Å². The van der Waals surface area contributed by atoms with Gasteiger partial charge in [0.05, 0.1) is 11.6 Å². The summed E-state index contributed by atoms with van der Waals surface area (Å²) >= 11 is 6.13. The normalized spacial score (nSPS) is 23.3. The van der Waals surface area contributed by atoms with Crippen LogP contribution < -0.4 is 15.4 Å². The molecule has 2 fully saturated rings. The SMILES string of the molecule is CCC(CNC(=O)C1CC12CCNCC2)Oc1ccccc1Cl. The molecular weight excluding hydrogens is 312 g/mol. The molecule has 5 heteroatoms. The molecule has 0 radical (unpaired) electrons. The Morgan fingerprint density at radius 3 is 2.87 bits per heavy atom. The molecule has 1 spiro atoms. The molecule has 1 aliphatic heterocycles. The average molecular weight is 337 g/mol. The molecule has 0 aromatic heterocycles. The van der Waals surface area contributed by atoms with E-state index >= 15 is 0 Å². The maximum absolute atomic E-state index is 12.4. The number of piperidine rings is 1. The highest BCUT2D eigenvalue weighted by Gasteiger charge is 2.57. The van der Waals surface area contributed by atoms with Crippen LogP contribution in [-0.2, 0) is 4.79 Å². The van der Waals surface area contributed by atoms with Gasteiger partial charge in [-0.05, 0) is 56.3 Å². The zero-order chi connectivity index (χ0) is 16.3. The third-order valence-corrected chi connectivity index (χ3v) is 5.51. The summed E-state index contributed by atoms with van der Waals surface area (Å²) in [5.41, 5.74) is 0.278. The van der Waals surface area contributed by atoms with Gasteiger partial charge >= 0.3 is 0 Å². The van der Waals surface area contributed by atoms with Crippen LogP contribution in [0, 0.1) is 11.3 Å². The maximum atomic E-state index is 12.4. The lowest BCUT2D eigenvalue weighted by molar-refractivity contribution is -0.123. The predicted octanol–water partition coefficient (Wildman–Crippen LogP) is 3.00. The minimum atomic E-state index is -0.0541. The molecule has 4 nitrogen and oxygen atoms in total. The smallest absolute Gasteiger partial charge is 0.223 e. The van der Waals surface area contributed by atoms with Crippen LogP contribution in [-0.4, -0.2) is 31.6 Å². The van der Waals surface area contributed by atoms with Gasteiger partial charge in [0.2, 0.25) is 5.91 Å². The molecule has 1 amide bonds. The van der Waals surface area contributed by atoms with E-state index in [0.717, 1.165) is 38.8 Å². The second-order valence-electron chi connectivity index (χ2n) is 6.69. The van der Waals surface area contributed by atoms with Crippen molar-refractivity contribution in [3.05, 3.63) is 29.3 Å². The number of hydrogen-bond donors (Lipinski definition) is 2. The first-order chi connectivity index (χ1) is 11.1. The maximum Gasteiger partial charge on any atom is 0.223 e. The van der Waals surface area contributed by atoms with Gasteiger partial charge in [0, 0.05) is 5.92 Å². The lowest BCUT2D eigenvalue weighted by Gasteiger charge is -2.23. The highest BCUT2D eigenvalue weighted by Crippen LogP contribution is 2.58. The van der Waals surface area contributed by atoms with Gasteiger partial charge in [-0.25, -0.2) is 0 Å². The van der Waals surface area contributed by atoms with E-state index < -0.39 is 0 Å². The number of benzene rings is 1. The zero-order valence-corrected chi connectivity index (χ0v) is 14.4. The molecule has 2 N–H and O–H groups in total. The first kappa shape index (κ1) is 16.6. The molecule has 23 heavy (non-hydrogen) atoms. The van der Waals surface area contributed by atoms with Gasteiger partial charge in [-0.3, -0.25) is 4.79 Å². The van der Waals surface area contributed by atoms with Crippen LogP contribution >= 0.6 is 11.6 Å². The first-order valence-electron chi connectivity index (χ1n) is 8.54. The first-order valence-corrected chi connectivity index (χ1v) is 8.92. The van der Waals surface area contributed by atoms with Gasteiger partial charge in [0.25, 0.3) is 0 Å². The number of rotatable bonds is 6. The summed E-state index contributed by atoms with van der Waals surface area (Å²) in [5.74, 6) is 1.06. The van der Waals surface area contributed by atoms with Crippen LogP contribution in [0.3, 0.4) is 0 Å². The van der Waals surface area contributed by atoms with E-state index in [1.807, 2.05) is 24.3 Å². The largest absolute Gasteiger partial charge is 0.487 e. The Kier molecular flexibility index (Phi) is 5.12. The zero-order valence-electron chi connectivity index (χ0n) is 13.6. The Morgan fingerprint density at radius 1 is 1.43 bits per heavy atom. The molecule has 0 bridgehead atoms. The van der Waals surface area contributed by atoms with Gasteiger partial charge in [-0.2, -0.15) is 0 Å². The molecule has 1 aromatic carbocycles. The molecule has 1 heterocycles. The number of hydrogen-bond acceptors (Lipinski definition) is 3. The fourth-order valence-corrected chi connectivity index (χ4v) is 3.70. The van der Waals surface area contributed by atoms with E-state index in [2.05, 4.69) is 17.6 Å². The van der Waals surface area contributed by atoms with Crippen molar-refractivity contribution >= 4 is 17.5 Å². The number of para-hydroxylation sites is 1. The van der Waals surface area contributed by atoms with Crippen molar-refractivity contribution in [1.29, 1.82) is 0 Å². The predicted molar refractivity (Wildman–Crippen MR) is 91.8 cm³/mol. The molecule has 1 saturated carbocycles. The van der Waals surface area contributed by atoms with Gasteiger partial charge in [0.1, 0.15) is 11.9 Å². The fraction of sp³-hybridized carbons (Fsp3) is 0.611. The van der Waals surface area contributed by atoms with Crippen molar-refractivity contribution in [2.75, 3.05) is 19.6 Å². The van der Waals surface area contributed by atoms with Crippen LogP contribution in [0.4, 0.5) is 0 Å². The molecule has 2 aliphatic rings. The second kappa shape index (κ2) is 7.10. The quantitative estimate of drug-likeness (QED) is 0.839. The number of carbonyl (C=O) groups is 1. The number of halogens is 1. The standard InChI is InChI=1S/C18H25ClN2O2/c1-2-13(23-16-6-4-3-5-15(16)19)12-21-17(22)14-11-18(14)7-9-20-10-8-18/h3-6,13-14,20H,2,7-12H2,1H3,(H,21,22). The Labute approximate surface area is 142 Å². The summed E-state index contributed by atoms with van der Waals surface area (Å²) < 4.78 is 5.93. The molecule has 3 rings (SSSR count). The van der Waals surface area contributed by atoms with Crippen LogP contribution in [0.5, 0.6) is 5.75 Å². The van der Waals surface area contributed by atoms with E-state index in [-0.39, 0.29) is 23.3 Å². The minimum Gasteiger partial charge on any atom is -0.487 e. The van der Waals surface area contributed by atoms with E-state index in [9.17, 15) is 4.79 Å². The summed E-state index contributed by atoms with van der Waals surface area (Å²) in [6.07, 6.45) is 4.06. The van der Waals surface area contributed by atoms with E-state index in [0.29, 0.717) is 17.3 Å². The number of amides is 1. The average Bonchev–Trinajstić information content (AvgIpc) is 3.26. The van der Waals surface area contributed by atoms with E-state index in [1.54, 1.807) is 0 Å². The van der Waals surface area contributed by atoms with Crippen LogP contribution in [0.25, 0.3) is 0 Å². The molecule has 1 aliphatic carbocycles. The van der Waals surface area contributed by atoms with Gasteiger partial charge in [-0.1, -0.05) is 30.7 Å². The Balaban J connectivity index is 1.49. The Bertz CT molecular complexity index is 558. The monoisotopic (exact) mass is 336 g/mol. The van der Waals surface area contributed by atoms with Crippen LogP contribution in [0.15, 0.2) is 24.3 Å². The molecule has 1 saturated heterocycles. The number of carbonyl (C=O) groups excluding carboxylic acids is 1. The van der Waals surface area contributed by atoms with E-state index in [4.69, 9.17) is 16.3 Å². The minimum absolute atomic E-state index is 0.0541. The van der Waals surface area contributed by atoms with Crippen molar-refractivity contribution in [1.82, 2.24) is 10.6 Å². The highest BCUT2D eigenvalue weighted by molar-refractivity contribution is 6.32. The molecule has 1 aromatic rings.